The SMILES string of the molecule is CCNC(=O)NC(=O)[C@@H](C)OC(=O)c1cc(-c2cccs2)nc2c1c(C)nn2-c1ccccc1. The van der Waals surface area contributed by atoms with Crippen LogP contribution in [0.1, 0.15) is 29.9 Å². The molecular weight excluding hydrogens is 454 g/mol. The molecule has 0 radical (unpaired) electrons. The van der Waals surface area contributed by atoms with Gasteiger partial charge < -0.3 is 10.1 Å². The second-order valence-corrected chi connectivity index (χ2v) is 8.41. The first-order valence-electron chi connectivity index (χ1n) is 10.7. The van der Waals surface area contributed by atoms with E-state index >= 15 is 0 Å². The number of benzene rings is 1. The van der Waals surface area contributed by atoms with Crippen molar-refractivity contribution in [2.45, 2.75) is 26.9 Å². The van der Waals surface area contributed by atoms with Gasteiger partial charge >= 0.3 is 12.0 Å². The zero-order valence-electron chi connectivity index (χ0n) is 18.9. The van der Waals surface area contributed by atoms with Gasteiger partial charge in [0.05, 0.1) is 32.9 Å². The fourth-order valence-corrected chi connectivity index (χ4v) is 4.13. The number of hydrogen-bond donors (Lipinski definition) is 2. The van der Waals surface area contributed by atoms with Crippen LogP contribution in [0.5, 0.6) is 0 Å². The minimum absolute atomic E-state index is 0.241. The molecule has 0 saturated heterocycles. The van der Waals surface area contributed by atoms with E-state index in [1.807, 2.05) is 47.8 Å². The van der Waals surface area contributed by atoms with E-state index in [2.05, 4.69) is 15.7 Å². The lowest BCUT2D eigenvalue weighted by Crippen LogP contribution is -2.44. The van der Waals surface area contributed by atoms with Crippen LogP contribution >= 0.6 is 11.3 Å². The molecule has 0 spiro atoms. The van der Waals surface area contributed by atoms with Crippen molar-refractivity contribution in [1.82, 2.24) is 25.4 Å². The summed E-state index contributed by atoms with van der Waals surface area (Å²) in [6.45, 7) is 5.28. The Morgan fingerprint density at radius 3 is 2.59 bits per heavy atom. The maximum absolute atomic E-state index is 13.2. The number of nitrogens with zero attached hydrogens (tertiary/aromatic N) is 3. The standard InChI is InChI=1S/C24H23N5O4S/c1-4-25-24(32)27-22(30)15(3)33-23(31)17-13-18(19-11-8-12-34-19)26-21-20(17)14(2)28-29(21)16-9-6-5-7-10-16/h5-13,15H,4H2,1-3H3,(H2,25,27,30,32)/t15-/m1/s1. The summed E-state index contributed by atoms with van der Waals surface area (Å²) in [5.41, 5.74) is 2.72. The van der Waals surface area contributed by atoms with Crippen molar-refractivity contribution in [3.8, 4) is 16.3 Å². The fraction of sp³-hybridized carbons (Fsp3) is 0.208. The summed E-state index contributed by atoms with van der Waals surface area (Å²) in [5.74, 6) is -1.43. The van der Waals surface area contributed by atoms with Crippen molar-refractivity contribution < 1.29 is 19.1 Å². The van der Waals surface area contributed by atoms with E-state index in [-0.39, 0.29) is 5.56 Å². The van der Waals surface area contributed by atoms with Crippen LogP contribution in [0.4, 0.5) is 4.79 Å². The number of carbonyl (C=O) groups is 3. The van der Waals surface area contributed by atoms with Crippen LogP contribution < -0.4 is 10.6 Å². The number of urea groups is 1. The number of imide groups is 1. The van der Waals surface area contributed by atoms with Crippen molar-refractivity contribution in [3.05, 3.63) is 65.2 Å². The Labute approximate surface area is 199 Å². The molecule has 4 rings (SSSR count). The molecule has 2 N–H and O–H groups in total. The third kappa shape index (κ3) is 4.67. The second-order valence-electron chi connectivity index (χ2n) is 7.46. The number of aryl methyl sites for hydroxylation is 1. The number of para-hydroxylation sites is 1. The fourth-order valence-electron chi connectivity index (χ4n) is 3.45. The van der Waals surface area contributed by atoms with Gasteiger partial charge in [-0.1, -0.05) is 24.3 Å². The van der Waals surface area contributed by atoms with Crippen molar-refractivity contribution in [1.29, 1.82) is 0 Å². The molecule has 0 aliphatic carbocycles. The molecule has 1 atom stereocenters. The molecule has 9 nitrogen and oxygen atoms in total. The van der Waals surface area contributed by atoms with E-state index in [1.54, 1.807) is 24.6 Å². The highest BCUT2D eigenvalue weighted by molar-refractivity contribution is 7.13. The van der Waals surface area contributed by atoms with Crippen molar-refractivity contribution in [2.75, 3.05) is 6.54 Å². The number of thiophene rings is 1. The van der Waals surface area contributed by atoms with E-state index in [0.29, 0.717) is 29.0 Å². The van der Waals surface area contributed by atoms with Crippen LogP contribution in [-0.2, 0) is 9.53 Å². The molecule has 10 heteroatoms. The molecule has 0 aliphatic heterocycles. The summed E-state index contributed by atoms with van der Waals surface area (Å²) in [6, 6.07) is 14.3. The first-order chi connectivity index (χ1) is 16.4. The highest BCUT2D eigenvalue weighted by Gasteiger charge is 2.26. The van der Waals surface area contributed by atoms with Gasteiger partial charge in [-0.3, -0.25) is 10.1 Å². The number of amides is 3. The highest BCUT2D eigenvalue weighted by Crippen LogP contribution is 2.31. The average molecular weight is 478 g/mol. The Morgan fingerprint density at radius 1 is 1.15 bits per heavy atom. The zero-order chi connectivity index (χ0) is 24.2. The van der Waals surface area contributed by atoms with E-state index in [0.717, 1.165) is 10.6 Å². The topological polar surface area (TPSA) is 115 Å². The van der Waals surface area contributed by atoms with Gasteiger partial charge in [-0.2, -0.15) is 5.10 Å². The molecule has 3 heterocycles. The molecule has 174 valence electrons. The highest BCUT2D eigenvalue weighted by atomic mass is 32.1. The van der Waals surface area contributed by atoms with Gasteiger partial charge in [0, 0.05) is 6.54 Å². The van der Waals surface area contributed by atoms with Crippen molar-refractivity contribution >= 4 is 40.3 Å². The van der Waals surface area contributed by atoms with Crippen molar-refractivity contribution in [2.24, 2.45) is 0 Å². The third-order valence-corrected chi connectivity index (χ3v) is 5.93. The lowest BCUT2D eigenvalue weighted by Gasteiger charge is -2.14. The van der Waals surface area contributed by atoms with Crippen LogP contribution in [0, 0.1) is 6.92 Å². The number of esters is 1. The van der Waals surface area contributed by atoms with Crippen LogP contribution in [-0.4, -0.2) is 45.3 Å². The summed E-state index contributed by atoms with van der Waals surface area (Å²) in [6.07, 6.45) is -1.19. The number of fused-ring (bicyclic) bond motifs is 1. The van der Waals surface area contributed by atoms with E-state index in [9.17, 15) is 14.4 Å². The van der Waals surface area contributed by atoms with Gasteiger partial charge in [0.2, 0.25) is 0 Å². The Balaban J connectivity index is 1.75. The van der Waals surface area contributed by atoms with Gasteiger partial charge in [-0.15, -0.1) is 11.3 Å². The summed E-state index contributed by atoms with van der Waals surface area (Å²) < 4.78 is 7.12. The van der Waals surface area contributed by atoms with Gasteiger partial charge in [0.15, 0.2) is 11.8 Å². The average Bonchev–Trinajstić information content (AvgIpc) is 3.47. The summed E-state index contributed by atoms with van der Waals surface area (Å²) in [5, 5.41) is 11.7. The van der Waals surface area contributed by atoms with Crippen LogP contribution in [0.2, 0.25) is 0 Å². The summed E-state index contributed by atoms with van der Waals surface area (Å²) in [4.78, 5) is 42.9. The predicted octanol–water partition coefficient (Wildman–Crippen LogP) is 3.85. The van der Waals surface area contributed by atoms with E-state index in [4.69, 9.17) is 9.72 Å². The molecule has 0 saturated carbocycles. The summed E-state index contributed by atoms with van der Waals surface area (Å²) in [7, 11) is 0. The molecule has 3 aromatic heterocycles. The first-order valence-corrected chi connectivity index (χ1v) is 11.6. The van der Waals surface area contributed by atoms with Gasteiger partial charge in [-0.25, -0.2) is 19.3 Å². The third-order valence-electron chi connectivity index (χ3n) is 5.03. The predicted molar refractivity (Wildman–Crippen MR) is 129 cm³/mol. The smallest absolute Gasteiger partial charge is 0.339 e. The first kappa shape index (κ1) is 23.1. The van der Waals surface area contributed by atoms with E-state index in [1.165, 1.54) is 18.3 Å². The molecule has 4 aromatic rings. The molecule has 0 fully saturated rings. The number of pyridine rings is 1. The van der Waals surface area contributed by atoms with Gasteiger partial charge in [0.25, 0.3) is 5.91 Å². The monoisotopic (exact) mass is 477 g/mol. The zero-order valence-corrected chi connectivity index (χ0v) is 19.7. The minimum Gasteiger partial charge on any atom is -0.449 e. The van der Waals surface area contributed by atoms with E-state index < -0.39 is 24.0 Å². The molecular formula is C24H23N5O4S. The molecule has 0 bridgehead atoms. The van der Waals surface area contributed by atoms with Gasteiger partial charge in [-0.05, 0) is 50.4 Å². The second kappa shape index (κ2) is 9.84. The number of nitrogens with one attached hydrogen (secondary N) is 2. The lowest BCUT2D eigenvalue weighted by molar-refractivity contribution is -0.127. The molecule has 0 aliphatic rings. The number of carbonyl (C=O) groups excluding carboxylic acids is 3. The maximum Gasteiger partial charge on any atom is 0.339 e. The summed E-state index contributed by atoms with van der Waals surface area (Å²) >= 11 is 1.49. The lowest BCUT2D eigenvalue weighted by atomic mass is 10.1. The van der Waals surface area contributed by atoms with Gasteiger partial charge in [0.1, 0.15) is 0 Å². The Bertz CT molecular complexity index is 1350. The maximum atomic E-state index is 13.2. The van der Waals surface area contributed by atoms with Crippen LogP contribution in [0.25, 0.3) is 27.3 Å². The Hall–Kier alpha value is -4.05. The molecule has 0 unspecified atom stereocenters. The van der Waals surface area contributed by atoms with Crippen LogP contribution in [0.3, 0.4) is 0 Å². The number of ether oxygens (including phenoxy) is 1. The Kier molecular flexibility index (Phi) is 6.69. The molecule has 34 heavy (non-hydrogen) atoms. The largest absolute Gasteiger partial charge is 0.449 e. The quantitative estimate of drug-likeness (QED) is 0.408. The Morgan fingerprint density at radius 2 is 1.91 bits per heavy atom. The number of rotatable bonds is 6. The van der Waals surface area contributed by atoms with Crippen molar-refractivity contribution in [3.63, 3.8) is 0 Å². The van der Waals surface area contributed by atoms with Crippen LogP contribution in [0.15, 0.2) is 53.9 Å². The number of aromatic nitrogens is 3. The number of hydrogen-bond acceptors (Lipinski definition) is 7. The molecule has 3 amide bonds. The molecule has 1 aromatic carbocycles. The normalized spacial score (nSPS) is 11.7. The minimum atomic E-state index is -1.19.